The van der Waals surface area contributed by atoms with Gasteiger partial charge < -0.3 is 15.3 Å². The van der Waals surface area contributed by atoms with Gasteiger partial charge in [-0.05, 0) is 33.4 Å². The molecule has 2 atom stereocenters. The minimum absolute atomic E-state index is 0.249. The quantitative estimate of drug-likeness (QED) is 0.578. The molecule has 0 aromatic heterocycles. The van der Waals surface area contributed by atoms with Crippen molar-refractivity contribution in [1.82, 2.24) is 10.2 Å². The number of hydrogen-bond acceptors (Lipinski definition) is 3. The van der Waals surface area contributed by atoms with E-state index in [1.807, 2.05) is 0 Å². The van der Waals surface area contributed by atoms with Crippen LogP contribution in [0.5, 0.6) is 0 Å². The highest BCUT2D eigenvalue weighted by molar-refractivity contribution is 4.68. The van der Waals surface area contributed by atoms with E-state index in [9.17, 15) is 5.11 Å². The molecule has 0 fully saturated rings. The van der Waals surface area contributed by atoms with Crippen LogP contribution in [0.3, 0.4) is 0 Å². The van der Waals surface area contributed by atoms with Crippen molar-refractivity contribution in [3.05, 3.63) is 0 Å². The van der Waals surface area contributed by atoms with E-state index >= 15 is 0 Å². The molecule has 0 radical (unpaired) electrons. The molecule has 0 aromatic rings. The average Bonchev–Trinajstić information content (AvgIpc) is 2.16. The molecule has 0 spiro atoms. The van der Waals surface area contributed by atoms with Crippen molar-refractivity contribution < 1.29 is 5.11 Å². The Hall–Kier alpha value is -0.120. The van der Waals surface area contributed by atoms with Gasteiger partial charge in [0.1, 0.15) is 0 Å². The van der Waals surface area contributed by atoms with Gasteiger partial charge in [-0.1, -0.05) is 13.8 Å². The van der Waals surface area contributed by atoms with Crippen molar-refractivity contribution in [3.63, 3.8) is 0 Å². The van der Waals surface area contributed by atoms with Crippen molar-refractivity contribution in [2.24, 2.45) is 0 Å². The lowest BCUT2D eigenvalue weighted by molar-refractivity contribution is 0.106. The Kier molecular flexibility index (Phi) is 8.14. The third-order valence-electron chi connectivity index (χ3n) is 2.65. The van der Waals surface area contributed by atoms with Crippen LogP contribution in [-0.2, 0) is 0 Å². The van der Waals surface area contributed by atoms with Crippen LogP contribution in [0.1, 0.15) is 33.6 Å². The van der Waals surface area contributed by atoms with Gasteiger partial charge in [-0.3, -0.25) is 0 Å². The molecule has 0 aliphatic carbocycles. The summed E-state index contributed by atoms with van der Waals surface area (Å²) in [5, 5.41) is 12.9. The molecule has 2 unspecified atom stereocenters. The van der Waals surface area contributed by atoms with Crippen molar-refractivity contribution in [2.75, 3.05) is 26.7 Å². The number of nitrogens with one attached hydrogen (secondary N) is 1. The Morgan fingerprint density at radius 3 is 2.50 bits per heavy atom. The first-order valence-corrected chi connectivity index (χ1v) is 5.70. The lowest BCUT2D eigenvalue weighted by Crippen LogP contribution is -2.40. The van der Waals surface area contributed by atoms with E-state index in [-0.39, 0.29) is 6.10 Å². The summed E-state index contributed by atoms with van der Waals surface area (Å²) >= 11 is 0. The first-order valence-electron chi connectivity index (χ1n) is 5.70. The maximum atomic E-state index is 9.69. The van der Waals surface area contributed by atoms with Crippen LogP contribution in [0, 0.1) is 0 Å². The molecule has 0 aromatic carbocycles. The number of rotatable bonds is 8. The van der Waals surface area contributed by atoms with Crippen LogP contribution >= 0.6 is 0 Å². The van der Waals surface area contributed by atoms with Crippen molar-refractivity contribution in [3.8, 4) is 0 Å². The summed E-state index contributed by atoms with van der Waals surface area (Å²) in [4.78, 5) is 2.21. The summed E-state index contributed by atoms with van der Waals surface area (Å²) in [5.74, 6) is 0. The third kappa shape index (κ3) is 6.35. The smallest absolute Gasteiger partial charge is 0.0791 e. The first kappa shape index (κ1) is 13.9. The summed E-state index contributed by atoms with van der Waals surface area (Å²) in [5.41, 5.74) is 0. The SMILES string of the molecule is CCCNCC(O)CN(C)C(C)CC. The van der Waals surface area contributed by atoms with Gasteiger partial charge in [0, 0.05) is 19.1 Å². The molecule has 0 amide bonds. The predicted molar refractivity (Wildman–Crippen MR) is 61.6 cm³/mol. The first-order chi connectivity index (χ1) is 6.61. The summed E-state index contributed by atoms with van der Waals surface area (Å²) < 4.78 is 0. The van der Waals surface area contributed by atoms with Gasteiger partial charge in [-0.2, -0.15) is 0 Å². The molecule has 0 aliphatic rings. The van der Waals surface area contributed by atoms with Gasteiger partial charge >= 0.3 is 0 Å². The molecule has 86 valence electrons. The van der Waals surface area contributed by atoms with Crippen molar-refractivity contribution >= 4 is 0 Å². The molecule has 0 heterocycles. The molecule has 0 aliphatic heterocycles. The van der Waals surface area contributed by atoms with E-state index in [0.29, 0.717) is 12.6 Å². The standard InChI is InChI=1S/C11H26N2O/c1-5-7-12-8-11(14)9-13(4)10(3)6-2/h10-12,14H,5-9H2,1-4H3. The van der Waals surface area contributed by atoms with Crippen LogP contribution in [0.15, 0.2) is 0 Å². The Morgan fingerprint density at radius 2 is 2.00 bits per heavy atom. The Balaban J connectivity index is 3.54. The second-order valence-corrected chi connectivity index (χ2v) is 4.05. The largest absolute Gasteiger partial charge is 0.390 e. The van der Waals surface area contributed by atoms with Crippen molar-refractivity contribution in [2.45, 2.75) is 45.8 Å². The number of nitrogens with zero attached hydrogens (tertiary/aromatic N) is 1. The lowest BCUT2D eigenvalue weighted by atomic mass is 10.2. The molecule has 3 heteroatoms. The molecular weight excluding hydrogens is 176 g/mol. The van der Waals surface area contributed by atoms with E-state index in [4.69, 9.17) is 0 Å². The van der Waals surface area contributed by atoms with Crippen LogP contribution in [0.25, 0.3) is 0 Å². The predicted octanol–water partition coefficient (Wildman–Crippen LogP) is 1.08. The fourth-order valence-electron chi connectivity index (χ4n) is 1.33. The molecule has 14 heavy (non-hydrogen) atoms. The number of likely N-dealkylation sites (N-methyl/N-ethyl adjacent to an activating group) is 1. The van der Waals surface area contributed by atoms with Gasteiger partial charge in [0.25, 0.3) is 0 Å². The number of aliphatic hydroxyl groups excluding tert-OH is 1. The topological polar surface area (TPSA) is 35.5 Å². The molecule has 0 saturated carbocycles. The van der Waals surface area contributed by atoms with Gasteiger partial charge in [0.15, 0.2) is 0 Å². The van der Waals surface area contributed by atoms with E-state index in [2.05, 4.69) is 38.0 Å². The Bertz CT molecular complexity index is 130. The highest BCUT2D eigenvalue weighted by Crippen LogP contribution is 2.00. The van der Waals surface area contributed by atoms with E-state index in [1.165, 1.54) is 0 Å². The second kappa shape index (κ2) is 8.21. The monoisotopic (exact) mass is 202 g/mol. The van der Waals surface area contributed by atoms with Crippen LogP contribution in [-0.4, -0.2) is 48.8 Å². The molecule has 2 N–H and O–H groups in total. The maximum Gasteiger partial charge on any atom is 0.0791 e. The molecular formula is C11H26N2O. The van der Waals surface area contributed by atoms with E-state index in [0.717, 1.165) is 25.9 Å². The van der Waals surface area contributed by atoms with Crippen LogP contribution in [0.4, 0.5) is 0 Å². The average molecular weight is 202 g/mol. The summed E-state index contributed by atoms with van der Waals surface area (Å²) in [7, 11) is 2.07. The zero-order valence-electron chi connectivity index (χ0n) is 10.1. The highest BCUT2D eigenvalue weighted by atomic mass is 16.3. The Labute approximate surface area is 88.5 Å². The van der Waals surface area contributed by atoms with E-state index in [1.54, 1.807) is 0 Å². The summed E-state index contributed by atoms with van der Waals surface area (Å²) in [6, 6.07) is 0.552. The summed E-state index contributed by atoms with van der Waals surface area (Å²) in [6.07, 6.45) is 2.00. The molecule has 0 rings (SSSR count). The normalized spacial score (nSPS) is 15.9. The minimum atomic E-state index is -0.249. The van der Waals surface area contributed by atoms with Crippen molar-refractivity contribution in [1.29, 1.82) is 0 Å². The van der Waals surface area contributed by atoms with Gasteiger partial charge in [-0.25, -0.2) is 0 Å². The minimum Gasteiger partial charge on any atom is -0.390 e. The van der Waals surface area contributed by atoms with Gasteiger partial charge in [0.05, 0.1) is 6.10 Å². The van der Waals surface area contributed by atoms with Gasteiger partial charge in [0.2, 0.25) is 0 Å². The summed E-state index contributed by atoms with van der Waals surface area (Å²) in [6.45, 7) is 8.93. The number of aliphatic hydroxyl groups is 1. The van der Waals surface area contributed by atoms with Crippen LogP contribution in [0.2, 0.25) is 0 Å². The maximum absolute atomic E-state index is 9.69. The van der Waals surface area contributed by atoms with E-state index < -0.39 is 0 Å². The zero-order valence-corrected chi connectivity index (χ0v) is 10.1. The fraction of sp³-hybridized carbons (Fsp3) is 1.00. The molecule has 0 saturated heterocycles. The number of hydrogen-bond donors (Lipinski definition) is 2. The Morgan fingerprint density at radius 1 is 1.36 bits per heavy atom. The second-order valence-electron chi connectivity index (χ2n) is 4.05. The zero-order chi connectivity index (χ0) is 11.0. The third-order valence-corrected chi connectivity index (χ3v) is 2.65. The highest BCUT2D eigenvalue weighted by Gasteiger charge is 2.11. The van der Waals surface area contributed by atoms with Gasteiger partial charge in [-0.15, -0.1) is 0 Å². The fourth-order valence-corrected chi connectivity index (χ4v) is 1.33. The molecule has 3 nitrogen and oxygen atoms in total. The lowest BCUT2D eigenvalue weighted by Gasteiger charge is -2.26. The van der Waals surface area contributed by atoms with Crippen LogP contribution < -0.4 is 5.32 Å². The molecule has 0 bridgehead atoms.